The molecule has 0 saturated carbocycles. The second kappa shape index (κ2) is 3.66. The van der Waals surface area contributed by atoms with Crippen molar-refractivity contribution in [1.29, 1.82) is 0 Å². The molecule has 1 aliphatic rings. The molecule has 0 aliphatic carbocycles. The molecule has 1 N–H and O–H groups in total. The Morgan fingerprint density at radius 1 is 1.13 bits per heavy atom. The Kier molecular flexibility index (Phi) is 2.49. The van der Waals surface area contributed by atoms with Crippen molar-refractivity contribution in [3.63, 3.8) is 0 Å². The van der Waals surface area contributed by atoms with Crippen LogP contribution in [-0.2, 0) is 9.59 Å². The summed E-state index contributed by atoms with van der Waals surface area (Å²) in [7, 11) is 0. The molecule has 1 heterocycles. The van der Waals surface area contributed by atoms with Gasteiger partial charge in [-0.05, 0) is 17.7 Å². The number of halogens is 1. The van der Waals surface area contributed by atoms with Crippen molar-refractivity contribution in [1.82, 2.24) is 5.32 Å². The Morgan fingerprint density at radius 3 is 2.20 bits per heavy atom. The van der Waals surface area contributed by atoms with E-state index in [4.69, 9.17) is 11.6 Å². The topological polar surface area (TPSA) is 46.2 Å². The van der Waals surface area contributed by atoms with Gasteiger partial charge in [0.2, 0.25) is 11.8 Å². The van der Waals surface area contributed by atoms with Crippen molar-refractivity contribution >= 4 is 23.4 Å². The highest BCUT2D eigenvalue weighted by Crippen LogP contribution is 2.30. The van der Waals surface area contributed by atoms with Gasteiger partial charge in [-0.2, -0.15) is 0 Å². The lowest BCUT2D eigenvalue weighted by molar-refractivity contribution is -0.125. The molecule has 2 atom stereocenters. The summed E-state index contributed by atoms with van der Waals surface area (Å²) >= 11 is 5.75. The summed E-state index contributed by atoms with van der Waals surface area (Å²) in [4.78, 5) is 22.8. The minimum Gasteiger partial charge on any atom is -0.296 e. The molecular formula is C11H10ClNO2. The van der Waals surface area contributed by atoms with Gasteiger partial charge < -0.3 is 0 Å². The Morgan fingerprint density at radius 2 is 1.73 bits per heavy atom. The Hall–Kier alpha value is -1.35. The molecule has 2 rings (SSSR count). The van der Waals surface area contributed by atoms with E-state index < -0.39 is 0 Å². The van der Waals surface area contributed by atoms with Crippen molar-refractivity contribution in [2.75, 3.05) is 0 Å². The highest BCUT2D eigenvalue weighted by molar-refractivity contribution is 6.30. The number of amides is 2. The van der Waals surface area contributed by atoms with Crippen LogP contribution in [-0.4, -0.2) is 11.8 Å². The van der Waals surface area contributed by atoms with Crippen LogP contribution in [0.2, 0.25) is 5.02 Å². The predicted octanol–water partition coefficient (Wildman–Crippen LogP) is 1.72. The van der Waals surface area contributed by atoms with Crippen LogP contribution in [0.15, 0.2) is 24.3 Å². The molecule has 15 heavy (non-hydrogen) atoms. The van der Waals surface area contributed by atoms with Crippen LogP contribution >= 0.6 is 11.6 Å². The van der Waals surface area contributed by atoms with Crippen LogP contribution in [0.25, 0.3) is 0 Å². The number of rotatable bonds is 1. The van der Waals surface area contributed by atoms with E-state index in [0.29, 0.717) is 5.02 Å². The first kappa shape index (κ1) is 10.2. The maximum absolute atomic E-state index is 11.5. The quantitative estimate of drug-likeness (QED) is 0.737. The first-order valence-electron chi connectivity index (χ1n) is 4.70. The van der Waals surface area contributed by atoms with Crippen LogP contribution in [0.1, 0.15) is 18.4 Å². The van der Waals surface area contributed by atoms with Crippen molar-refractivity contribution in [3.05, 3.63) is 34.9 Å². The average molecular weight is 224 g/mol. The van der Waals surface area contributed by atoms with E-state index in [-0.39, 0.29) is 23.7 Å². The lowest BCUT2D eigenvalue weighted by Gasteiger charge is -2.10. The Balaban J connectivity index is 2.34. The summed E-state index contributed by atoms with van der Waals surface area (Å²) in [6.45, 7) is 1.75. The van der Waals surface area contributed by atoms with E-state index in [1.807, 2.05) is 0 Å². The van der Waals surface area contributed by atoms with Gasteiger partial charge in [-0.3, -0.25) is 14.9 Å². The standard InChI is InChI=1S/C11H10ClNO2/c1-6-9(11(15)13-10(6)14)7-2-4-8(12)5-3-7/h2-6,9H,1H3,(H,13,14,15). The fourth-order valence-electron chi connectivity index (χ4n) is 1.80. The summed E-state index contributed by atoms with van der Waals surface area (Å²) in [6.07, 6.45) is 0. The molecule has 1 fully saturated rings. The largest absolute Gasteiger partial charge is 0.296 e. The highest BCUT2D eigenvalue weighted by Gasteiger charge is 2.39. The molecule has 2 unspecified atom stereocenters. The van der Waals surface area contributed by atoms with Gasteiger partial charge >= 0.3 is 0 Å². The van der Waals surface area contributed by atoms with E-state index in [1.165, 1.54) is 0 Å². The monoisotopic (exact) mass is 223 g/mol. The molecule has 1 aromatic carbocycles. The Labute approximate surface area is 92.4 Å². The van der Waals surface area contributed by atoms with Gasteiger partial charge in [-0.25, -0.2) is 0 Å². The average Bonchev–Trinajstić information content (AvgIpc) is 2.44. The summed E-state index contributed by atoms with van der Waals surface area (Å²) in [5.74, 6) is -1.12. The van der Waals surface area contributed by atoms with Crippen molar-refractivity contribution in [2.45, 2.75) is 12.8 Å². The smallest absolute Gasteiger partial charge is 0.234 e. The zero-order valence-corrected chi connectivity index (χ0v) is 8.91. The third-order valence-electron chi connectivity index (χ3n) is 2.67. The molecule has 0 aromatic heterocycles. The summed E-state index contributed by atoms with van der Waals surface area (Å²) < 4.78 is 0. The fraction of sp³-hybridized carbons (Fsp3) is 0.273. The van der Waals surface area contributed by atoms with Gasteiger partial charge in [0.25, 0.3) is 0 Å². The third kappa shape index (κ3) is 1.75. The molecule has 1 aliphatic heterocycles. The van der Waals surface area contributed by atoms with Crippen LogP contribution < -0.4 is 5.32 Å². The first-order valence-corrected chi connectivity index (χ1v) is 5.07. The molecule has 4 heteroatoms. The highest BCUT2D eigenvalue weighted by atomic mass is 35.5. The number of imide groups is 1. The van der Waals surface area contributed by atoms with E-state index in [0.717, 1.165) is 5.56 Å². The lowest BCUT2D eigenvalue weighted by atomic mass is 9.89. The van der Waals surface area contributed by atoms with E-state index in [9.17, 15) is 9.59 Å². The van der Waals surface area contributed by atoms with Gasteiger partial charge in [0.15, 0.2) is 0 Å². The van der Waals surface area contributed by atoms with Crippen molar-refractivity contribution in [2.24, 2.45) is 5.92 Å². The molecule has 2 amide bonds. The number of benzene rings is 1. The summed E-state index contributed by atoms with van der Waals surface area (Å²) in [5, 5.41) is 2.94. The molecule has 0 radical (unpaired) electrons. The van der Waals surface area contributed by atoms with Gasteiger partial charge in [0.1, 0.15) is 0 Å². The first-order chi connectivity index (χ1) is 7.09. The zero-order chi connectivity index (χ0) is 11.0. The lowest BCUT2D eigenvalue weighted by Crippen LogP contribution is -2.21. The molecule has 1 saturated heterocycles. The molecule has 78 valence electrons. The summed E-state index contributed by atoms with van der Waals surface area (Å²) in [6, 6.07) is 7.00. The van der Waals surface area contributed by atoms with Crippen LogP contribution in [0.4, 0.5) is 0 Å². The van der Waals surface area contributed by atoms with Gasteiger partial charge in [-0.15, -0.1) is 0 Å². The number of carbonyl (C=O) groups is 2. The zero-order valence-electron chi connectivity index (χ0n) is 8.16. The number of carbonyl (C=O) groups excluding carboxylic acids is 2. The second-order valence-electron chi connectivity index (χ2n) is 3.67. The molecular weight excluding hydrogens is 214 g/mol. The molecule has 0 spiro atoms. The number of hydrogen-bond donors (Lipinski definition) is 1. The SMILES string of the molecule is CC1C(=O)NC(=O)C1c1ccc(Cl)cc1. The third-order valence-corrected chi connectivity index (χ3v) is 2.92. The fourth-order valence-corrected chi connectivity index (χ4v) is 1.93. The van der Waals surface area contributed by atoms with E-state index >= 15 is 0 Å². The normalized spacial score (nSPS) is 25.5. The van der Waals surface area contributed by atoms with Gasteiger partial charge in [0.05, 0.1) is 11.8 Å². The van der Waals surface area contributed by atoms with Gasteiger partial charge in [-0.1, -0.05) is 30.7 Å². The second-order valence-corrected chi connectivity index (χ2v) is 4.11. The molecule has 0 bridgehead atoms. The molecule has 3 nitrogen and oxygen atoms in total. The molecule has 1 aromatic rings. The van der Waals surface area contributed by atoms with Crippen molar-refractivity contribution in [3.8, 4) is 0 Å². The van der Waals surface area contributed by atoms with Gasteiger partial charge in [0, 0.05) is 5.02 Å². The minimum absolute atomic E-state index is 0.208. The minimum atomic E-state index is -0.380. The predicted molar refractivity (Wildman–Crippen MR) is 56.5 cm³/mol. The van der Waals surface area contributed by atoms with Crippen LogP contribution in [0, 0.1) is 5.92 Å². The van der Waals surface area contributed by atoms with E-state index in [2.05, 4.69) is 5.32 Å². The van der Waals surface area contributed by atoms with Crippen LogP contribution in [0.3, 0.4) is 0 Å². The van der Waals surface area contributed by atoms with Crippen molar-refractivity contribution < 1.29 is 9.59 Å². The van der Waals surface area contributed by atoms with Crippen LogP contribution in [0.5, 0.6) is 0 Å². The number of nitrogens with one attached hydrogen (secondary N) is 1. The Bertz CT molecular complexity index is 413. The number of hydrogen-bond acceptors (Lipinski definition) is 2. The summed E-state index contributed by atoms with van der Waals surface area (Å²) in [5.41, 5.74) is 0.829. The maximum Gasteiger partial charge on any atom is 0.234 e. The maximum atomic E-state index is 11.5. The van der Waals surface area contributed by atoms with E-state index in [1.54, 1.807) is 31.2 Å².